The minimum Gasteiger partial charge on any atom is -0.368 e. The number of nitrogens with one attached hydrogen (secondary N) is 3. The Morgan fingerprint density at radius 3 is 2.67 bits per heavy atom. The van der Waals surface area contributed by atoms with Crippen molar-refractivity contribution >= 4 is 40.1 Å². The third kappa shape index (κ3) is 5.78. The minimum absolute atomic E-state index is 0.0769. The van der Waals surface area contributed by atoms with Gasteiger partial charge in [-0.1, -0.05) is 12.1 Å². The van der Waals surface area contributed by atoms with E-state index in [1.165, 1.54) is 12.1 Å². The SMILES string of the molecule is Cc1ccc(NC(=O)c2ccc(CN3CCNCC3)c(C(F)(F)F)c2)cc1Nc1nn(C)c2nc(N)ncc12. The van der Waals surface area contributed by atoms with Gasteiger partial charge >= 0.3 is 6.18 Å². The number of alkyl halides is 3. The molecule has 0 aliphatic carbocycles. The summed E-state index contributed by atoms with van der Waals surface area (Å²) >= 11 is 0. The topological polar surface area (TPSA) is 126 Å². The van der Waals surface area contributed by atoms with Crippen molar-refractivity contribution in [3.63, 3.8) is 0 Å². The molecule has 4 aromatic rings. The van der Waals surface area contributed by atoms with Gasteiger partial charge in [0.1, 0.15) is 0 Å². The largest absolute Gasteiger partial charge is 0.416 e. The minimum atomic E-state index is -4.58. The molecule has 39 heavy (non-hydrogen) atoms. The number of fused-ring (bicyclic) bond motifs is 1. The molecule has 13 heteroatoms. The van der Waals surface area contributed by atoms with Crippen molar-refractivity contribution in [2.75, 3.05) is 42.5 Å². The quantitative estimate of drug-likeness (QED) is 0.293. The molecule has 1 amide bonds. The number of carbonyl (C=O) groups excluding carboxylic acids is 1. The number of halogens is 3. The van der Waals surface area contributed by atoms with Crippen LogP contribution in [-0.2, 0) is 19.8 Å². The fraction of sp³-hybridized carbons (Fsp3) is 0.308. The van der Waals surface area contributed by atoms with Crippen LogP contribution >= 0.6 is 0 Å². The Bertz CT molecular complexity index is 1530. The van der Waals surface area contributed by atoms with Crippen LogP contribution in [0.4, 0.5) is 36.3 Å². The zero-order valence-corrected chi connectivity index (χ0v) is 21.4. The number of aryl methyl sites for hydroxylation is 2. The zero-order valence-electron chi connectivity index (χ0n) is 21.4. The van der Waals surface area contributed by atoms with Crippen LogP contribution in [0.2, 0.25) is 0 Å². The third-order valence-electron chi connectivity index (χ3n) is 6.63. The number of rotatable bonds is 6. The fourth-order valence-corrected chi connectivity index (χ4v) is 4.54. The molecule has 1 saturated heterocycles. The molecular formula is C26H28F3N9O. The second-order valence-electron chi connectivity index (χ2n) is 9.44. The lowest BCUT2D eigenvalue weighted by atomic mass is 10.0. The second-order valence-corrected chi connectivity index (χ2v) is 9.44. The average Bonchev–Trinajstić information content (AvgIpc) is 3.20. The van der Waals surface area contributed by atoms with E-state index in [9.17, 15) is 18.0 Å². The molecule has 2 aromatic carbocycles. The molecule has 10 nitrogen and oxygen atoms in total. The van der Waals surface area contributed by atoms with Gasteiger partial charge in [-0.05, 0) is 42.3 Å². The van der Waals surface area contributed by atoms with Crippen molar-refractivity contribution in [1.29, 1.82) is 0 Å². The van der Waals surface area contributed by atoms with Crippen molar-refractivity contribution in [3.8, 4) is 0 Å². The van der Waals surface area contributed by atoms with Crippen LogP contribution in [0.3, 0.4) is 0 Å². The van der Waals surface area contributed by atoms with Crippen LogP contribution in [0, 0.1) is 6.92 Å². The molecule has 3 heterocycles. The number of anilines is 4. The standard InChI is InChI=1S/C26H28F3N9O/c1-15-3-6-18(12-21(15)34-22-19-13-32-25(30)35-23(19)37(2)36-22)33-24(39)16-4-5-17(20(11-16)26(27,28)29)14-38-9-7-31-8-10-38/h3-6,11-13,31H,7-10,14H2,1-2H3,(H,33,39)(H,34,36)(H2,30,32,35). The molecule has 1 fully saturated rings. The maximum Gasteiger partial charge on any atom is 0.416 e. The number of hydrogen-bond acceptors (Lipinski definition) is 8. The molecule has 5 rings (SSSR count). The van der Waals surface area contributed by atoms with Crippen molar-refractivity contribution in [2.24, 2.45) is 7.05 Å². The molecule has 0 unspecified atom stereocenters. The van der Waals surface area contributed by atoms with Gasteiger partial charge in [-0.25, -0.2) is 9.67 Å². The van der Waals surface area contributed by atoms with E-state index in [0.717, 1.165) is 24.7 Å². The zero-order chi connectivity index (χ0) is 27.7. The normalized spacial score (nSPS) is 14.5. The third-order valence-corrected chi connectivity index (χ3v) is 6.63. The van der Waals surface area contributed by atoms with Gasteiger partial charge in [0, 0.05) is 62.9 Å². The molecule has 0 saturated carbocycles. The van der Waals surface area contributed by atoms with Gasteiger partial charge in [0.05, 0.1) is 10.9 Å². The van der Waals surface area contributed by atoms with E-state index >= 15 is 0 Å². The second kappa shape index (κ2) is 10.5. The lowest BCUT2D eigenvalue weighted by molar-refractivity contribution is -0.138. The summed E-state index contributed by atoms with van der Waals surface area (Å²) in [5.74, 6) is -0.0198. The Kier molecular flexibility index (Phi) is 7.10. The number of benzene rings is 2. The molecule has 1 aliphatic heterocycles. The number of nitrogens with two attached hydrogens (primary N) is 1. The summed E-state index contributed by atoms with van der Waals surface area (Å²) < 4.78 is 43.3. The van der Waals surface area contributed by atoms with Crippen molar-refractivity contribution < 1.29 is 18.0 Å². The highest BCUT2D eigenvalue weighted by atomic mass is 19.4. The summed E-state index contributed by atoms with van der Waals surface area (Å²) in [6.07, 6.45) is -3.02. The van der Waals surface area contributed by atoms with Crippen molar-refractivity contribution in [2.45, 2.75) is 19.6 Å². The summed E-state index contributed by atoms with van der Waals surface area (Å²) in [4.78, 5) is 23.2. The first-order valence-electron chi connectivity index (χ1n) is 12.4. The Labute approximate surface area is 222 Å². The number of carbonyl (C=O) groups is 1. The molecule has 2 aromatic heterocycles. The molecule has 0 atom stereocenters. The van der Waals surface area contributed by atoms with Gasteiger partial charge in [0.25, 0.3) is 5.91 Å². The van der Waals surface area contributed by atoms with Crippen LogP contribution in [-0.4, -0.2) is 56.7 Å². The summed E-state index contributed by atoms with van der Waals surface area (Å²) in [7, 11) is 1.73. The first kappa shape index (κ1) is 26.4. The van der Waals surface area contributed by atoms with E-state index in [-0.39, 0.29) is 23.6 Å². The number of piperazine rings is 1. The van der Waals surface area contributed by atoms with Crippen LogP contribution in [0.15, 0.2) is 42.6 Å². The van der Waals surface area contributed by atoms with E-state index < -0.39 is 17.6 Å². The van der Waals surface area contributed by atoms with Gasteiger partial charge in [-0.2, -0.15) is 23.3 Å². The van der Waals surface area contributed by atoms with E-state index in [1.807, 2.05) is 11.8 Å². The fourth-order valence-electron chi connectivity index (χ4n) is 4.54. The Morgan fingerprint density at radius 2 is 1.92 bits per heavy atom. The van der Waals surface area contributed by atoms with E-state index in [1.54, 1.807) is 36.1 Å². The molecule has 0 bridgehead atoms. The Morgan fingerprint density at radius 1 is 1.15 bits per heavy atom. The first-order chi connectivity index (χ1) is 18.6. The van der Waals surface area contributed by atoms with Crippen LogP contribution in [0.25, 0.3) is 11.0 Å². The summed E-state index contributed by atoms with van der Waals surface area (Å²) in [6.45, 7) is 4.84. The van der Waals surface area contributed by atoms with E-state index in [2.05, 4.69) is 31.0 Å². The monoisotopic (exact) mass is 539 g/mol. The maximum atomic E-state index is 13.9. The van der Waals surface area contributed by atoms with Crippen molar-refractivity contribution in [3.05, 3.63) is 64.8 Å². The van der Waals surface area contributed by atoms with Gasteiger partial charge in [0.2, 0.25) is 5.95 Å². The average molecular weight is 540 g/mol. The molecule has 1 aliphatic rings. The Hall–Kier alpha value is -4.23. The summed E-state index contributed by atoms with van der Waals surface area (Å²) in [5, 5.41) is 14.2. The summed E-state index contributed by atoms with van der Waals surface area (Å²) in [6, 6.07) is 8.91. The number of amides is 1. The predicted molar refractivity (Wildman–Crippen MR) is 143 cm³/mol. The predicted octanol–water partition coefficient (Wildman–Crippen LogP) is 3.67. The number of nitrogens with zero attached hydrogens (tertiary/aromatic N) is 5. The van der Waals surface area contributed by atoms with E-state index in [4.69, 9.17) is 5.73 Å². The molecule has 204 valence electrons. The van der Waals surface area contributed by atoms with Gasteiger partial charge in [-0.3, -0.25) is 9.69 Å². The molecule has 0 spiro atoms. The van der Waals surface area contributed by atoms with Gasteiger partial charge in [-0.15, -0.1) is 0 Å². The van der Waals surface area contributed by atoms with Crippen LogP contribution in [0.1, 0.15) is 27.0 Å². The molecule has 0 radical (unpaired) electrons. The van der Waals surface area contributed by atoms with Gasteiger partial charge < -0.3 is 21.7 Å². The van der Waals surface area contributed by atoms with Crippen LogP contribution in [0.5, 0.6) is 0 Å². The lowest BCUT2D eigenvalue weighted by Crippen LogP contribution is -2.43. The number of hydrogen-bond donors (Lipinski definition) is 4. The number of aromatic nitrogens is 4. The molecule has 5 N–H and O–H groups in total. The highest BCUT2D eigenvalue weighted by molar-refractivity contribution is 6.04. The lowest BCUT2D eigenvalue weighted by Gasteiger charge is -2.28. The molecular weight excluding hydrogens is 511 g/mol. The number of nitrogen functional groups attached to an aromatic ring is 1. The smallest absolute Gasteiger partial charge is 0.368 e. The first-order valence-corrected chi connectivity index (χ1v) is 12.4. The maximum absolute atomic E-state index is 13.9. The van der Waals surface area contributed by atoms with Crippen molar-refractivity contribution in [1.82, 2.24) is 30.0 Å². The highest BCUT2D eigenvalue weighted by Gasteiger charge is 2.34. The van der Waals surface area contributed by atoms with E-state index in [0.29, 0.717) is 41.3 Å². The highest BCUT2D eigenvalue weighted by Crippen LogP contribution is 2.34. The van der Waals surface area contributed by atoms with Crippen LogP contribution < -0.4 is 21.7 Å². The summed E-state index contributed by atoms with van der Waals surface area (Å²) in [5.41, 5.74) is 7.42. The van der Waals surface area contributed by atoms with Gasteiger partial charge in [0.15, 0.2) is 11.5 Å². The Balaban J connectivity index is 1.37.